The Morgan fingerprint density at radius 1 is 1.26 bits per heavy atom. The van der Waals surface area contributed by atoms with Gasteiger partial charge < -0.3 is 14.8 Å². The van der Waals surface area contributed by atoms with Crippen LogP contribution < -0.4 is 5.32 Å². The highest BCUT2D eigenvalue weighted by molar-refractivity contribution is 6.31. The summed E-state index contributed by atoms with van der Waals surface area (Å²) in [6.45, 7) is 1.51. The van der Waals surface area contributed by atoms with Crippen LogP contribution in [0.5, 0.6) is 0 Å². The number of esters is 1. The molecule has 0 spiro atoms. The molecule has 0 aromatic heterocycles. The summed E-state index contributed by atoms with van der Waals surface area (Å²) < 4.78 is 9.97. The average Bonchev–Trinajstić information content (AvgIpc) is 2.39. The second-order valence-electron chi connectivity index (χ2n) is 3.87. The number of amides is 1. The number of ether oxygens (including phenoxy) is 2. The van der Waals surface area contributed by atoms with Crippen LogP contribution in [0.25, 0.3) is 0 Å². The van der Waals surface area contributed by atoms with E-state index in [1.54, 1.807) is 12.1 Å². The molecule has 0 saturated heterocycles. The van der Waals surface area contributed by atoms with Gasteiger partial charge in [0.05, 0.1) is 5.92 Å². The molecular formula is C13H16ClNO4. The monoisotopic (exact) mass is 285 g/mol. The molecule has 1 aromatic carbocycles. The number of benzene rings is 1. The van der Waals surface area contributed by atoms with Crippen molar-refractivity contribution in [3.8, 4) is 0 Å². The van der Waals surface area contributed by atoms with Gasteiger partial charge in [0, 0.05) is 19.0 Å². The van der Waals surface area contributed by atoms with Gasteiger partial charge in [-0.15, -0.1) is 0 Å². The largest absolute Gasteiger partial charge is 0.465 e. The van der Waals surface area contributed by atoms with Gasteiger partial charge in [-0.1, -0.05) is 29.8 Å². The van der Waals surface area contributed by atoms with Crippen LogP contribution in [0, 0.1) is 0 Å². The molecule has 0 heterocycles. The fourth-order valence-electron chi connectivity index (χ4n) is 1.50. The van der Waals surface area contributed by atoms with Gasteiger partial charge in [-0.2, -0.15) is 0 Å². The number of carbonyl (C=O) groups is 2. The first-order chi connectivity index (χ1) is 9.04. The third-order valence-electron chi connectivity index (χ3n) is 2.45. The van der Waals surface area contributed by atoms with Crippen molar-refractivity contribution in [2.24, 2.45) is 0 Å². The molecule has 1 amide bonds. The molecule has 0 bridgehead atoms. The summed E-state index contributed by atoms with van der Waals surface area (Å²) in [6, 6.07) is 7.16. The van der Waals surface area contributed by atoms with E-state index in [4.69, 9.17) is 21.1 Å². The van der Waals surface area contributed by atoms with Crippen LogP contribution in [0.1, 0.15) is 18.4 Å². The van der Waals surface area contributed by atoms with Crippen molar-refractivity contribution >= 4 is 23.7 Å². The Bertz CT molecular complexity index is 450. The number of alkyl carbamates (subject to hydrolysis) is 1. The van der Waals surface area contributed by atoms with Crippen LogP contribution in [0.15, 0.2) is 24.3 Å². The summed E-state index contributed by atoms with van der Waals surface area (Å²) in [4.78, 5) is 22.0. The minimum Gasteiger partial charge on any atom is -0.465 e. The summed E-state index contributed by atoms with van der Waals surface area (Å²) in [6.07, 6.45) is -0.542. The second kappa shape index (κ2) is 7.63. The molecule has 0 radical (unpaired) electrons. The van der Waals surface area contributed by atoms with Crippen LogP contribution in [-0.4, -0.2) is 32.3 Å². The minimum absolute atomic E-state index is 0.0800. The Labute approximate surface area is 116 Å². The van der Waals surface area contributed by atoms with Gasteiger partial charge >= 0.3 is 12.1 Å². The number of hydrogen-bond donors (Lipinski definition) is 1. The molecular weight excluding hydrogens is 270 g/mol. The normalized spacial score (nSPS) is 11.5. The maximum absolute atomic E-state index is 11.1. The molecule has 6 heteroatoms. The van der Waals surface area contributed by atoms with E-state index in [1.807, 2.05) is 12.1 Å². The molecule has 0 saturated carbocycles. The molecule has 0 aliphatic rings. The minimum atomic E-state index is -0.542. The van der Waals surface area contributed by atoms with Crippen LogP contribution in [-0.2, 0) is 14.3 Å². The molecule has 19 heavy (non-hydrogen) atoms. The molecule has 0 aliphatic carbocycles. The van der Waals surface area contributed by atoms with E-state index in [2.05, 4.69) is 5.32 Å². The maximum atomic E-state index is 11.1. The number of carbonyl (C=O) groups excluding carboxylic acids is 2. The zero-order valence-corrected chi connectivity index (χ0v) is 11.6. The van der Waals surface area contributed by atoms with Crippen molar-refractivity contribution < 1.29 is 19.1 Å². The third-order valence-corrected chi connectivity index (χ3v) is 2.80. The van der Waals surface area contributed by atoms with Crippen LogP contribution in [0.3, 0.4) is 0 Å². The molecule has 1 aromatic rings. The summed E-state index contributed by atoms with van der Waals surface area (Å²) in [5.41, 5.74) is 0.773. The van der Waals surface area contributed by atoms with Crippen LogP contribution in [0.2, 0.25) is 5.02 Å². The Kier molecular flexibility index (Phi) is 6.15. The predicted molar refractivity (Wildman–Crippen MR) is 71.2 cm³/mol. The lowest BCUT2D eigenvalue weighted by molar-refractivity contribution is -0.141. The van der Waals surface area contributed by atoms with Crippen molar-refractivity contribution in [1.29, 1.82) is 0 Å². The number of nitrogens with one attached hydrogen (secondary N) is 1. The summed E-state index contributed by atoms with van der Waals surface area (Å²) in [5.74, 6) is -0.688. The van der Waals surface area contributed by atoms with Crippen molar-refractivity contribution in [1.82, 2.24) is 5.32 Å². The smallest absolute Gasteiger partial charge is 0.406 e. The summed E-state index contributed by atoms with van der Waals surface area (Å²) in [7, 11) is 1.47. The first kappa shape index (κ1) is 15.3. The predicted octanol–water partition coefficient (Wildman–Crippen LogP) is 2.34. The fraction of sp³-hybridized carbons (Fsp3) is 0.385. The van der Waals surface area contributed by atoms with E-state index in [0.717, 1.165) is 5.56 Å². The quantitative estimate of drug-likeness (QED) is 0.844. The van der Waals surface area contributed by atoms with E-state index < -0.39 is 12.1 Å². The van der Waals surface area contributed by atoms with Gasteiger partial charge in [0.25, 0.3) is 0 Å². The van der Waals surface area contributed by atoms with Gasteiger partial charge in [-0.3, -0.25) is 4.79 Å². The zero-order valence-electron chi connectivity index (χ0n) is 10.8. The Morgan fingerprint density at radius 2 is 1.89 bits per heavy atom. The lowest BCUT2D eigenvalue weighted by Gasteiger charge is -2.18. The SMILES string of the molecule is CNC(=O)OCC(COC(C)=O)c1ccccc1Cl. The van der Waals surface area contributed by atoms with Gasteiger partial charge in [0.15, 0.2) is 0 Å². The number of hydrogen-bond acceptors (Lipinski definition) is 4. The maximum Gasteiger partial charge on any atom is 0.406 e. The number of rotatable bonds is 5. The van der Waals surface area contributed by atoms with Crippen molar-refractivity contribution in [3.05, 3.63) is 34.9 Å². The topological polar surface area (TPSA) is 64.6 Å². The standard InChI is InChI=1S/C13H16ClNO4/c1-9(16)18-7-10(8-19-13(17)15-2)11-5-3-4-6-12(11)14/h3-6,10H,7-8H2,1-2H3,(H,15,17). The van der Waals surface area contributed by atoms with Gasteiger partial charge in [0.2, 0.25) is 0 Å². The van der Waals surface area contributed by atoms with Crippen LogP contribution >= 0.6 is 11.6 Å². The molecule has 0 fully saturated rings. The Balaban J connectivity index is 2.76. The Hall–Kier alpha value is -1.75. The Morgan fingerprint density at radius 3 is 2.47 bits per heavy atom. The van der Waals surface area contributed by atoms with Crippen molar-refractivity contribution in [3.63, 3.8) is 0 Å². The molecule has 0 aliphatic heterocycles. The molecule has 1 unspecified atom stereocenters. The van der Waals surface area contributed by atoms with Crippen molar-refractivity contribution in [2.75, 3.05) is 20.3 Å². The highest BCUT2D eigenvalue weighted by Gasteiger charge is 2.18. The van der Waals surface area contributed by atoms with Gasteiger partial charge in [-0.25, -0.2) is 4.79 Å². The summed E-state index contributed by atoms with van der Waals surface area (Å²) in [5, 5.41) is 2.89. The van der Waals surface area contributed by atoms with E-state index in [-0.39, 0.29) is 19.1 Å². The zero-order chi connectivity index (χ0) is 14.3. The summed E-state index contributed by atoms with van der Waals surface area (Å²) >= 11 is 6.09. The van der Waals surface area contributed by atoms with E-state index in [0.29, 0.717) is 5.02 Å². The second-order valence-corrected chi connectivity index (χ2v) is 4.28. The van der Waals surface area contributed by atoms with Crippen molar-refractivity contribution in [2.45, 2.75) is 12.8 Å². The molecule has 5 nitrogen and oxygen atoms in total. The first-order valence-corrected chi connectivity index (χ1v) is 6.14. The highest BCUT2D eigenvalue weighted by atomic mass is 35.5. The van der Waals surface area contributed by atoms with Gasteiger partial charge in [0.1, 0.15) is 13.2 Å². The molecule has 104 valence electrons. The first-order valence-electron chi connectivity index (χ1n) is 5.77. The van der Waals surface area contributed by atoms with E-state index in [1.165, 1.54) is 14.0 Å². The molecule has 1 N–H and O–H groups in total. The van der Waals surface area contributed by atoms with E-state index >= 15 is 0 Å². The fourth-order valence-corrected chi connectivity index (χ4v) is 1.79. The van der Waals surface area contributed by atoms with E-state index in [9.17, 15) is 9.59 Å². The lowest BCUT2D eigenvalue weighted by atomic mass is 10.0. The molecule has 1 rings (SSSR count). The third kappa shape index (κ3) is 5.18. The lowest BCUT2D eigenvalue weighted by Crippen LogP contribution is -2.24. The number of halogens is 1. The van der Waals surface area contributed by atoms with Gasteiger partial charge in [-0.05, 0) is 11.6 Å². The van der Waals surface area contributed by atoms with Crippen LogP contribution in [0.4, 0.5) is 4.79 Å². The molecule has 1 atom stereocenters. The average molecular weight is 286 g/mol. The highest BCUT2D eigenvalue weighted by Crippen LogP contribution is 2.25.